The van der Waals surface area contributed by atoms with Crippen LogP contribution in [-0.2, 0) is 23.7 Å². The molecule has 7 nitrogen and oxygen atoms in total. The first-order chi connectivity index (χ1) is 14.7. The third-order valence-electron chi connectivity index (χ3n) is 5.17. The number of aliphatic hydroxyl groups is 2. The topological polar surface area (TPSA) is 94.5 Å². The molecule has 2 fully saturated rings. The normalized spacial score (nSPS) is 31.3. The summed E-state index contributed by atoms with van der Waals surface area (Å²) in [6, 6.07) is 18.8. The SMILES string of the molecule is O=C(/C=C/c1ccccc1)O[C@H]1[C@H](O)[C@@H](CO)O[C@H]2OC[C@H](c3ccccc3)O[C@@H]21. The van der Waals surface area contributed by atoms with E-state index in [1.807, 2.05) is 60.7 Å². The molecule has 2 aliphatic heterocycles. The van der Waals surface area contributed by atoms with Gasteiger partial charge in [0.05, 0.1) is 13.2 Å². The summed E-state index contributed by atoms with van der Waals surface area (Å²) in [4.78, 5) is 12.4. The van der Waals surface area contributed by atoms with Crippen LogP contribution in [0.15, 0.2) is 66.7 Å². The number of ether oxygens (including phenoxy) is 4. The molecule has 158 valence electrons. The molecule has 0 aromatic heterocycles. The van der Waals surface area contributed by atoms with E-state index >= 15 is 0 Å². The summed E-state index contributed by atoms with van der Waals surface area (Å²) in [7, 11) is 0. The van der Waals surface area contributed by atoms with Gasteiger partial charge in [0.2, 0.25) is 0 Å². The van der Waals surface area contributed by atoms with Gasteiger partial charge in [0.15, 0.2) is 12.4 Å². The molecule has 30 heavy (non-hydrogen) atoms. The molecule has 0 amide bonds. The van der Waals surface area contributed by atoms with Crippen LogP contribution in [0.25, 0.3) is 6.08 Å². The monoisotopic (exact) mass is 412 g/mol. The summed E-state index contributed by atoms with van der Waals surface area (Å²) in [5.41, 5.74) is 1.75. The number of carbonyl (C=O) groups excluding carboxylic acids is 1. The van der Waals surface area contributed by atoms with Crippen molar-refractivity contribution in [1.82, 2.24) is 0 Å². The zero-order valence-electron chi connectivity index (χ0n) is 16.2. The number of carbonyl (C=O) groups is 1. The average Bonchev–Trinajstić information content (AvgIpc) is 2.80. The van der Waals surface area contributed by atoms with Gasteiger partial charge in [0, 0.05) is 6.08 Å². The average molecular weight is 412 g/mol. The number of hydrogen-bond acceptors (Lipinski definition) is 7. The van der Waals surface area contributed by atoms with Gasteiger partial charge in [-0.3, -0.25) is 0 Å². The van der Waals surface area contributed by atoms with Crippen molar-refractivity contribution >= 4 is 12.0 Å². The van der Waals surface area contributed by atoms with E-state index in [1.165, 1.54) is 6.08 Å². The van der Waals surface area contributed by atoms with Gasteiger partial charge in [-0.15, -0.1) is 0 Å². The Morgan fingerprint density at radius 2 is 1.77 bits per heavy atom. The third-order valence-corrected chi connectivity index (χ3v) is 5.17. The van der Waals surface area contributed by atoms with Gasteiger partial charge in [-0.1, -0.05) is 60.7 Å². The molecule has 0 spiro atoms. The molecule has 2 saturated heterocycles. The Bertz CT molecular complexity index is 854. The minimum absolute atomic E-state index is 0.244. The van der Waals surface area contributed by atoms with Crippen LogP contribution in [0, 0.1) is 0 Å². The summed E-state index contributed by atoms with van der Waals surface area (Å²) in [5, 5.41) is 20.2. The first kappa shape index (κ1) is 20.7. The van der Waals surface area contributed by atoms with E-state index in [1.54, 1.807) is 6.08 Å². The van der Waals surface area contributed by atoms with Crippen LogP contribution in [0.5, 0.6) is 0 Å². The summed E-state index contributed by atoms with van der Waals surface area (Å²) in [5.74, 6) is -0.634. The van der Waals surface area contributed by atoms with Gasteiger partial charge in [0.1, 0.15) is 24.4 Å². The van der Waals surface area contributed by atoms with Crippen LogP contribution in [-0.4, -0.2) is 60.1 Å². The van der Waals surface area contributed by atoms with E-state index in [-0.39, 0.29) is 6.61 Å². The van der Waals surface area contributed by atoms with Gasteiger partial charge in [-0.25, -0.2) is 4.79 Å². The molecule has 2 aromatic carbocycles. The highest BCUT2D eigenvalue weighted by atomic mass is 16.7. The number of aliphatic hydroxyl groups excluding tert-OH is 2. The van der Waals surface area contributed by atoms with E-state index in [0.29, 0.717) is 0 Å². The standard InChI is InChI=1S/C23H24O7/c24-13-17-20(26)21(30-19(25)12-11-15-7-3-1-4-8-15)22-23(29-17)27-14-18(28-22)16-9-5-2-6-10-16/h1-12,17-18,20-24,26H,13-14H2/b12-11+/t17-,18-,20-,21+,22-,23-/m1/s1. The molecule has 0 unspecified atom stereocenters. The van der Waals surface area contributed by atoms with Crippen LogP contribution in [0.4, 0.5) is 0 Å². The number of fused-ring (bicyclic) bond motifs is 1. The molecular formula is C23H24O7. The minimum Gasteiger partial charge on any atom is -0.453 e. The van der Waals surface area contributed by atoms with Crippen molar-refractivity contribution < 1.29 is 34.0 Å². The zero-order chi connectivity index (χ0) is 20.9. The molecule has 2 aromatic rings. The lowest BCUT2D eigenvalue weighted by atomic mass is 9.97. The highest BCUT2D eigenvalue weighted by Gasteiger charge is 2.51. The van der Waals surface area contributed by atoms with Crippen molar-refractivity contribution in [2.75, 3.05) is 13.2 Å². The second-order valence-electron chi connectivity index (χ2n) is 7.19. The Morgan fingerprint density at radius 1 is 1.07 bits per heavy atom. The predicted octanol–water partition coefficient (Wildman–Crippen LogP) is 1.85. The van der Waals surface area contributed by atoms with Gasteiger partial charge in [0.25, 0.3) is 0 Å². The van der Waals surface area contributed by atoms with E-state index in [0.717, 1.165) is 11.1 Å². The number of hydrogen-bond donors (Lipinski definition) is 2. The van der Waals surface area contributed by atoms with Crippen molar-refractivity contribution in [1.29, 1.82) is 0 Å². The van der Waals surface area contributed by atoms with Crippen molar-refractivity contribution in [3.63, 3.8) is 0 Å². The fourth-order valence-electron chi connectivity index (χ4n) is 3.61. The lowest BCUT2D eigenvalue weighted by Crippen LogP contribution is -2.63. The van der Waals surface area contributed by atoms with E-state index < -0.39 is 49.4 Å². The van der Waals surface area contributed by atoms with Gasteiger partial charge in [-0.2, -0.15) is 0 Å². The van der Waals surface area contributed by atoms with E-state index in [9.17, 15) is 15.0 Å². The molecular weight excluding hydrogens is 388 g/mol. The first-order valence-corrected chi connectivity index (χ1v) is 9.86. The summed E-state index contributed by atoms with van der Waals surface area (Å²) in [6.45, 7) is -0.197. The van der Waals surface area contributed by atoms with Crippen molar-refractivity contribution in [3.05, 3.63) is 77.9 Å². The summed E-state index contributed by atoms with van der Waals surface area (Å²) < 4.78 is 23.1. The third kappa shape index (κ3) is 4.61. The smallest absolute Gasteiger partial charge is 0.331 e. The highest BCUT2D eigenvalue weighted by molar-refractivity contribution is 5.87. The maximum absolute atomic E-state index is 12.4. The molecule has 6 atom stereocenters. The lowest BCUT2D eigenvalue weighted by Gasteiger charge is -2.47. The van der Waals surface area contributed by atoms with Gasteiger partial charge < -0.3 is 29.2 Å². The molecule has 4 rings (SSSR count). The maximum atomic E-state index is 12.4. The molecule has 0 radical (unpaired) electrons. The largest absolute Gasteiger partial charge is 0.453 e. The Morgan fingerprint density at radius 3 is 2.47 bits per heavy atom. The second kappa shape index (κ2) is 9.51. The fraction of sp³-hybridized carbons (Fsp3) is 0.348. The molecule has 2 N–H and O–H groups in total. The summed E-state index contributed by atoms with van der Waals surface area (Å²) in [6.07, 6.45) is -2.44. The fourth-order valence-corrected chi connectivity index (χ4v) is 3.61. The second-order valence-corrected chi connectivity index (χ2v) is 7.19. The lowest BCUT2D eigenvalue weighted by molar-refractivity contribution is -0.350. The van der Waals surface area contributed by atoms with E-state index in [4.69, 9.17) is 18.9 Å². The van der Waals surface area contributed by atoms with Crippen molar-refractivity contribution in [2.24, 2.45) is 0 Å². The summed E-state index contributed by atoms with van der Waals surface area (Å²) >= 11 is 0. The Hall–Kier alpha value is -2.55. The van der Waals surface area contributed by atoms with Crippen molar-refractivity contribution in [2.45, 2.75) is 36.8 Å². The van der Waals surface area contributed by atoms with Gasteiger partial charge >= 0.3 is 5.97 Å². The molecule has 7 heteroatoms. The molecule has 2 heterocycles. The first-order valence-electron chi connectivity index (χ1n) is 9.86. The molecule has 0 aliphatic carbocycles. The number of rotatable bonds is 5. The molecule has 0 bridgehead atoms. The van der Waals surface area contributed by atoms with E-state index in [2.05, 4.69) is 0 Å². The van der Waals surface area contributed by atoms with Crippen LogP contribution < -0.4 is 0 Å². The van der Waals surface area contributed by atoms with Crippen LogP contribution >= 0.6 is 0 Å². The van der Waals surface area contributed by atoms with Gasteiger partial charge in [-0.05, 0) is 17.2 Å². The molecule has 0 saturated carbocycles. The maximum Gasteiger partial charge on any atom is 0.331 e. The Balaban J connectivity index is 1.50. The highest BCUT2D eigenvalue weighted by Crippen LogP contribution is 2.35. The predicted molar refractivity (Wildman–Crippen MR) is 107 cm³/mol. The van der Waals surface area contributed by atoms with Crippen molar-refractivity contribution in [3.8, 4) is 0 Å². The zero-order valence-corrected chi connectivity index (χ0v) is 16.2. The number of benzene rings is 2. The minimum atomic E-state index is -1.26. The molecule has 2 aliphatic rings. The number of esters is 1. The quantitative estimate of drug-likeness (QED) is 0.572. The van der Waals surface area contributed by atoms with Crippen LogP contribution in [0.2, 0.25) is 0 Å². The van der Waals surface area contributed by atoms with Crippen LogP contribution in [0.3, 0.4) is 0 Å². The Labute approximate surface area is 174 Å². The Kier molecular flexibility index (Phi) is 6.56. The van der Waals surface area contributed by atoms with Crippen LogP contribution in [0.1, 0.15) is 17.2 Å².